The molecule has 0 amide bonds. The zero-order chi connectivity index (χ0) is 55.4. The van der Waals surface area contributed by atoms with E-state index in [0.29, 0.717) is 61.2 Å². The van der Waals surface area contributed by atoms with Crippen molar-refractivity contribution in [2.75, 3.05) is 0 Å². The molecule has 16 heteroatoms. The Bertz CT molecular complexity index is 5110. The Labute approximate surface area is 480 Å². The number of furan rings is 4. The third kappa shape index (κ3) is 9.32. The molecule has 0 bridgehead atoms. The van der Waals surface area contributed by atoms with Crippen LogP contribution in [0.1, 0.15) is 0 Å². The molecule has 16 rings (SSSR count). The van der Waals surface area contributed by atoms with E-state index < -0.39 is 7.12 Å². The first-order valence-electron chi connectivity index (χ1n) is 25.9. The van der Waals surface area contributed by atoms with Gasteiger partial charge in [-0.1, -0.05) is 169 Å². The molecular weight excluding hydrogens is 1090 g/mol. The van der Waals surface area contributed by atoms with Gasteiger partial charge in [-0.05, 0) is 89.9 Å². The van der Waals surface area contributed by atoms with Gasteiger partial charge in [-0.15, -0.1) is 0 Å². The summed E-state index contributed by atoms with van der Waals surface area (Å²) in [5.74, 6) is 2.78. The average Bonchev–Trinajstić information content (AvgIpc) is 4.46. The van der Waals surface area contributed by atoms with Gasteiger partial charge in [0.05, 0.1) is 0 Å². The average molecular weight is 1130 g/mol. The van der Waals surface area contributed by atoms with E-state index in [0.717, 1.165) is 99.0 Å². The van der Waals surface area contributed by atoms with E-state index in [4.69, 9.17) is 67.4 Å². The molecule has 0 saturated carbocycles. The fourth-order valence-corrected chi connectivity index (χ4v) is 11.0. The highest BCUT2D eigenvalue weighted by atomic mass is 35.5. The second-order valence-corrected chi connectivity index (χ2v) is 20.3. The number of hydrogen-bond donors (Lipinski definition) is 2. The molecule has 0 fully saturated rings. The maximum absolute atomic E-state index is 9.35. The molecular formula is C66H38BCl3N6O6. The lowest BCUT2D eigenvalue weighted by molar-refractivity contribution is 0.426. The van der Waals surface area contributed by atoms with Crippen molar-refractivity contribution in [3.63, 3.8) is 0 Å². The Morgan fingerprint density at radius 1 is 0.293 bits per heavy atom. The maximum atomic E-state index is 9.35. The molecule has 0 atom stereocenters. The number of para-hydroxylation sites is 2. The van der Waals surface area contributed by atoms with Crippen LogP contribution in [0.2, 0.25) is 15.3 Å². The van der Waals surface area contributed by atoms with Gasteiger partial charge in [0.15, 0.2) is 29.1 Å². The van der Waals surface area contributed by atoms with E-state index in [-0.39, 0.29) is 5.28 Å². The predicted molar refractivity (Wildman–Crippen MR) is 327 cm³/mol. The maximum Gasteiger partial charge on any atom is 0.489 e. The zero-order valence-electron chi connectivity index (χ0n) is 42.7. The molecule has 0 radical (unpaired) electrons. The van der Waals surface area contributed by atoms with Crippen molar-refractivity contribution >= 4 is 135 Å². The minimum Gasteiger partial charge on any atom is -0.456 e. The highest BCUT2D eigenvalue weighted by Crippen LogP contribution is 2.41. The molecule has 0 saturated heterocycles. The summed E-state index contributed by atoms with van der Waals surface area (Å²) in [5, 5.41) is 27.4. The Kier molecular flexibility index (Phi) is 13.0. The van der Waals surface area contributed by atoms with Crippen molar-refractivity contribution in [2.24, 2.45) is 0 Å². The summed E-state index contributed by atoms with van der Waals surface area (Å²) in [6.45, 7) is 0. The largest absolute Gasteiger partial charge is 0.489 e. The normalized spacial score (nSPS) is 11.5. The van der Waals surface area contributed by atoms with Gasteiger partial charge in [-0.2, -0.15) is 9.97 Å². The third-order valence-electron chi connectivity index (χ3n) is 14.1. The Balaban J connectivity index is 0.000000120. The third-order valence-corrected chi connectivity index (χ3v) is 14.7. The number of nitrogens with zero attached hydrogens (tertiary/aromatic N) is 6. The summed E-state index contributed by atoms with van der Waals surface area (Å²) in [6.07, 6.45) is 0. The van der Waals surface area contributed by atoms with Crippen LogP contribution in [-0.2, 0) is 0 Å². The molecule has 0 aliphatic rings. The summed E-state index contributed by atoms with van der Waals surface area (Å²) in [4.78, 5) is 28.3. The Morgan fingerprint density at radius 2 is 0.634 bits per heavy atom. The smallest absolute Gasteiger partial charge is 0.456 e. The Morgan fingerprint density at radius 3 is 1.11 bits per heavy atom. The van der Waals surface area contributed by atoms with Crippen LogP contribution in [0, 0.1) is 0 Å². The number of aromatic nitrogens is 6. The van der Waals surface area contributed by atoms with Crippen molar-refractivity contribution in [3.8, 4) is 56.9 Å². The highest BCUT2D eigenvalue weighted by molar-refractivity contribution is 6.62. The van der Waals surface area contributed by atoms with Crippen LogP contribution in [0.25, 0.3) is 145 Å². The quantitative estimate of drug-likeness (QED) is 0.151. The van der Waals surface area contributed by atoms with Crippen LogP contribution in [0.5, 0.6) is 0 Å². The first-order chi connectivity index (χ1) is 40.2. The van der Waals surface area contributed by atoms with Crippen molar-refractivity contribution in [2.45, 2.75) is 0 Å². The van der Waals surface area contributed by atoms with E-state index in [9.17, 15) is 10.0 Å². The first kappa shape index (κ1) is 50.5. The van der Waals surface area contributed by atoms with Gasteiger partial charge in [0.2, 0.25) is 5.28 Å². The van der Waals surface area contributed by atoms with Crippen LogP contribution < -0.4 is 5.46 Å². The molecule has 0 unspecified atom stereocenters. The van der Waals surface area contributed by atoms with Crippen LogP contribution in [0.4, 0.5) is 0 Å². The van der Waals surface area contributed by atoms with Gasteiger partial charge >= 0.3 is 7.12 Å². The standard InChI is InChI=1S/C33H18ClN3O2.C21H12ClN3O.C12H8BClO3/c34-20-16-17-26-24(18-20)30-23(12-7-15-28(30)39-26)33-36-31(19-8-2-1-3-9-19)35-32(37-33)22-11-6-14-27-29(22)21-10-4-5-13-25(21)38-27;22-21-24-19(13-7-2-1-3-8-13)23-20(25-21)15-10-6-12-17-18(15)14-9-4-5-11-16(14)26-17;14-7-4-5-10-8(6-7)12-9(13(15)16)2-1-3-11(12)17-10/h1-18H;1-12H;1-6,15-16H. The second-order valence-electron chi connectivity index (χ2n) is 19.1. The minimum absolute atomic E-state index is 0.165. The fourth-order valence-electron chi connectivity index (χ4n) is 10.5. The van der Waals surface area contributed by atoms with Crippen molar-refractivity contribution in [1.82, 2.24) is 29.9 Å². The first-order valence-corrected chi connectivity index (χ1v) is 27.0. The van der Waals surface area contributed by atoms with Gasteiger partial charge in [0, 0.05) is 81.0 Å². The molecule has 16 aromatic rings. The van der Waals surface area contributed by atoms with Gasteiger partial charge in [-0.3, -0.25) is 0 Å². The van der Waals surface area contributed by atoms with Gasteiger partial charge in [-0.25, -0.2) is 19.9 Å². The number of fused-ring (bicyclic) bond motifs is 12. The van der Waals surface area contributed by atoms with E-state index in [1.807, 2.05) is 176 Å². The van der Waals surface area contributed by atoms with Crippen LogP contribution in [-0.4, -0.2) is 47.1 Å². The van der Waals surface area contributed by atoms with E-state index in [2.05, 4.69) is 21.0 Å². The van der Waals surface area contributed by atoms with Crippen LogP contribution >= 0.6 is 34.8 Å². The second kappa shape index (κ2) is 21.1. The number of halogens is 3. The van der Waals surface area contributed by atoms with Gasteiger partial charge in [0.25, 0.3) is 0 Å². The van der Waals surface area contributed by atoms with Crippen molar-refractivity contribution < 1.29 is 27.7 Å². The monoisotopic (exact) mass is 1130 g/mol. The molecule has 6 aromatic heterocycles. The van der Waals surface area contributed by atoms with Crippen molar-refractivity contribution in [3.05, 3.63) is 234 Å². The summed E-state index contributed by atoms with van der Waals surface area (Å²) in [5.41, 5.74) is 10.8. The molecule has 10 aromatic carbocycles. The van der Waals surface area contributed by atoms with Crippen molar-refractivity contribution in [1.29, 1.82) is 0 Å². The summed E-state index contributed by atoms with van der Waals surface area (Å²) >= 11 is 18.5. The van der Waals surface area contributed by atoms with E-state index >= 15 is 0 Å². The minimum atomic E-state index is -1.53. The molecule has 0 spiro atoms. The molecule has 12 nitrogen and oxygen atoms in total. The van der Waals surface area contributed by atoms with E-state index in [1.165, 1.54) is 0 Å². The molecule has 0 aliphatic carbocycles. The Hall–Kier alpha value is -9.73. The molecule has 6 heterocycles. The number of benzene rings is 10. The molecule has 82 heavy (non-hydrogen) atoms. The lowest BCUT2D eigenvalue weighted by Crippen LogP contribution is -2.30. The number of rotatable bonds is 6. The molecule has 0 aliphatic heterocycles. The van der Waals surface area contributed by atoms with Gasteiger partial charge in [0.1, 0.15) is 44.7 Å². The number of hydrogen-bond acceptors (Lipinski definition) is 12. The van der Waals surface area contributed by atoms with E-state index in [1.54, 1.807) is 36.4 Å². The summed E-state index contributed by atoms with van der Waals surface area (Å²) in [7, 11) is -1.53. The zero-order valence-corrected chi connectivity index (χ0v) is 45.0. The topological polar surface area (TPSA) is 170 Å². The highest BCUT2D eigenvalue weighted by Gasteiger charge is 2.23. The fraction of sp³-hybridized carbons (Fsp3) is 0. The lowest BCUT2D eigenvalue weighted by Gasteiger charge is -2.10. The lowest BCUT2D eigenvalue weighted by atomic mass is 9.77. The van der Waals surface area contributed by atoms with Crippen LogP contribution in [0.3, 0.4) is 0 Å². The molecule has 2 N–H and O–H groups in total. The summed E-state index contributed by atoms with van der Waals surface area (Å²) in [6, 6.07) is 69.5. The SMILES string of the molecule is Clc1ccc2oc3cccc(-c4nc(-c5ccccc5)nc(-c5cccc6oc7ccccc7c56)n4)c3c2c1.Clc1nc(-c2ccccc2)nc(-c2cccc3oc4ccccc4c23)n1.OB(O)c1cccc2oc3ccc(Cl)cc3c12. The summed E-state index contributed by atoms with van der Waals surface area (Å²) < 4.78 is 23.9. The predicted octanol–water partition coefficient (Wildman–Crippen LogP) is 17.0. The molecule has 392 valence electrons. The van der Waals surface area contributed by atoms with Crippen LogP contribution in [0.15, 0.2) is 236 Å². The van der Waals surface area contributed by atoms with Gasteiger partial charge < -0.3 is 27.7 Å².